The number of aryl methyl sites for hydroxylation is 1. The number of nitrogens with one attached hydrogen (secondary N) is 3. The highest BCUT2D eigenvalue weighted by atomic mass is 16.6. The third-order valence-corrected chi connectivity index (χ3v) is 3.85. The fourth-order valence-electron chi connectivity index (χ4n) is 2.49. The Labute approximate surface area is 160 Å². The molecule has 2 aromatic heterocycles. The molecule has 10 nitrogen and oxygen atoms in total. The number of benzene rings is 1. The number of carbonyl (C=O) groups is 1. The van der Waals surface area contributed by atoms with Crippen molar-refractivity contribution in [1.29, 1.82) is 0 Å². The van der Waals surface area contributed by atoms with Gasteiger partial charge >= 0.3 is 5.69 Å². The second-order valence-corrected chi connectivity index (χ2v) is 5.61. The number of rotatable bonds is 7. The van der Waals surface area contributed by atoms with Gasteiger partial charge in [-0.25, -0.2) is 9.97 Å². The fourth-order valence-corrected chi connectivity index (χ4v) is 2.49. The number of anilines is 3. The van der Waals surface area contributed by atoms with Crippen LogP contribution in [0.15, 0.2) is 55.0 Å². The van der Waals surface area contributed by atoms with Gasteiger partial charge in [-0.3, -0.25) is 30.7 Å². The summed E-state index contributed by atoms with van der Waals surface area (Å²) in [7, 11) is 0. The first-order valence-electron chi connectivity index (χ1n) is 8.41. The van der Waals surface area contributed by atoms with Crippen LogP contribution in [-0.2, 0) is 6.42 Å². The molecule has 0 radical (unpaired) electrons. The maximum atomic E-state index is 12.1. The van der Waals surface area contributed by atoms with Crippen molar-refractivity contribution in [3.63, 3.8) is 0 Å². The molecular weight excluding hydrogens is 362 g/mol. The summed E-state index contributed by atoms with van der Waals surface area (Å²) >= 11 is 0. The molecule has 3 N–H and O–H groups in total. The molecule has 1 aromatic carbocycles. The number of hydrogen-bond donors (Lipinski definition) is 3. The van der Waals surface area contributed by atoms with Crippen molar-refractivity contribution in [3.8, 4) is 0 Å². The normalized spacial score (nSPS) is 10.2. The molecule has 0 saturated carbocycles. The van der Waals surface area contributed by atoms with Crippen LogP contribution in [0.5, 0.6) is 0 Å². The number of hydrogen-bond acceptors (Lipinski definition) is 8. The summed E-state index contributed by atoms with van der Waals surface area (Å²) in [5.74, 6) is -0.699. The van der Waals surface area contributed by atoms with Gasteiger partial charge in [0.1, 0.15) is 12.0 Å². The molecule has 1 amide bonds. The molecular formula is C18H17N7O3. The molecule has 3 rings (SSSR count). The third kappa shape index (κ3) is 4.18. The van der Waals surface area contributed by atoms with Crippen LogP contribution in [0.25, 0.3) is 0 Å². The molecule has 28 heavy (non-hydrogen) atoms. The van der Waals surface area contributed by atoms with Crippen molar-refractivity contribution < 1.29 is 9.72 Å². The summed E-state index contributed by atoms with van der Waals surface area (Å²) in [6.07, 6.45) is 3.38. The summed E-state index contributed by atoms with van der Waals surface area (Å²) in [4.78, 5) is 34.9. The molecule has 0 atom stereocenters. The molecule has 0 aliphatic rings. The largest absolute Gasteiger partial charge is 0.355 e. The van der Waals surface area contributed by atoms with Gasteiger partial charge in [-0.1, -0.05) is 31.2 Å². The number of para-hydroxylation sites is 1. The van der Waals surface area contributed by atoms with E-state index in [2.05, 4.69) is 31.1 Å². The van der Waals surface area contributed by atoms with Crippen molar-refractivity contribution in [2.75, 3.05) is 10.7 Å². The number of pyridine rings is 1. The summed E-state index contributed by atoms with van der Waals surface area (Å²) in [5, 5.41) is 14.6. The Morgan fingerprint density at radius 2 is 1.82 bits per heavy atom. The van der Waals surface area contributed by atoms with Crippen LogP contribution in [-0.4, -0.2) is 25.8 Å². The summed E-state index contributed by atoms with van der Waals surface area (Å²) in [6, 6.07) is 12.3. The minimum absolute atomic E-state index is 0.00971. The predicted molar refractivity (Wildman–Crippen MR) is 103 cm³/mol. The molecule has 0 bridgehead atoms. The zero-order chi connectivity index (χ0) is 19.9. The Kier molecular flexibility index (Phi) is 5.70. The maximum Gasteiger partial charge on any atom is 0.355 e. The average Bonchev–Trinajstić information content (AvgIpc) is 2.73. The van der Waals surface area contributed by atoms with Gasteiger partial charge in [0.15, 0.2) is 0 Å². The second-order valence-electron chi connectivity index (χ2n) is 5.61. The van der Waals surface area contributed by atoms with Crippen LogP contribution < -0.4 is 16.2 Å². The van der Waals surface area contributed by atoms with Crippen LogP contribution in [0.4, 0.5) is 23.0 Å². The van der Waals surface area contributed by atoms with Crippen molar-refractivity contribution in [2.45, 2.75) is 13.3 Å². The Bertz CT molecular complexity index is 995. The molecule has 142 valence electrons. The number of nitrogens with zero attached hydrogens (tertiary/aromatic N) is 4. The van der Waals surface area contributed by atoms with Crippen LogP contribution in [0, 0.1) is 10.1 Å². The number of hydrazine groups is 1. The lowest BCUT2D eigenvalue weighted by molar-refractivity contribution is -0.383. The highest BCUT2D eigenvalue weighted by molar-refractivity contribution is 5.93. The molecule has 0 saturated heterocycles. The summed E-state index contributed by atoms with van der Waals surface area (Å²) in [5.41, 5.74) is 6.27. The SMILES string of the molecule is CCc1ccccc1Nc1ncnc(NNC(=O)c2ccccn2)c1[N+](=O)[O-]. The first kappa shape index (κ1) is 18.7. The van der Waals surface area contributed by atoms with Gasteiger partial charge in [0, 0.05) is 11.9 Å². The van der Waals surface area contributed by atoms with Crippen molar-refractivity contribution in [3.05, 3.63) is 76.4 Å². The molecule has 2 heterocycles. The quantitative estimate of drug-likeness (QED) is 0.421. The lowest BCUT2D eigenvalue weighted by Crippen LogP contribution is -2.31. The third-order valence-electron chi connectivity index (χ3n) is 3.85. The van der Waals surface area contributed by atoms with E-state index in [1.54, 1.807) is 18.2 Å². The summed E-state index contributed by atoms with van der Waals surface area (Å²) in [6.45, 7) is 1.98. The molecule has 0 aliphatic heterocycles. The van der Waals surface area contributed by atoms with Crippen molar-refractivity contribution in [2.24, 2.45) is 0 Å². The standard InChI is InChI=1S/C18H17N7O3/c1-2-12-7-3-4-8-13(12)22-16-15(25(27)28)17(21-11-20-16)23-24-18(26)14-9-5-6-10-19-14/h3-11H,2H2,1H3,(H,24,26)(H2,20,21,22,23). The Hall–Kier alpha value is -4.08. The van der Waals surface area contributed by atoms with Gasteiger partial charge in [-0.2, -0.15) is 0 Å². The van der Waals surface area contributed by atoms with Crippen LogP contribution >= 0.6 is 0 Å². The lowest BCUT2D eigenvalue weighted by Gasteiger charge is -2.12. The Morgan fingerprint density at radius 1 is 1.07 bits per heavy atom. The Morgan fingerprint density at radius 3 is 2.54 bits per heavy atom. The Balaban J connectivity index is 1.85. The number of carbonyl (C=O) groups excluding carboxylic acids is 1. The number of amides is 1. The van der Waals surface area contributed by atoms with Gasteiger partial charge in [-0.15, -0.1) is 0 Å². The second kappa shape index (κ2) is 8.54. The van der Waals surface area contributed by atoms with E-state index in [1.165, 1.54) is 18.6 Å². The van der Waals surface area contributed by atoms with Crippen LogP contribution in [0.3, 0.4) is 0 Å². The van der Waals surface area contributed by atoms with Crippen LogP contribution in [0.2, 0.25) is 0 Å². The molecule has 0 unspecified atom stereocenters. The van der Waals surface area contributed by atoms with Crippen LogP contribution in [0.1, 0.15) is 23.0 Å². The van der Waals surface area contributed by atoms with Gasteiger partial charge < -0.3 is 5.32 Å². The van der Waals surface area contributed by atoms with E-state index in [9.17, 15) is 14.9 Å². The van der Waals surface area contributed by atoms with E-state index in [4.69, 9.17) is 0 Å². The molecule has 0 aliphatic carbocycles. The predicted octanol–water partition coefficient (Wildman–Crippen LogP) is 2.84. The highest BCUT2D eigenvalue weighted by Crippen LogP contribution is 2.31. The van der Waals surface area contributed by atoms with E-state index < -0.39 is 16.5 Å². The topological polar surface area (TPSA) is 135 Å². The molecule has 3 aromatic rings. The van der Waals surface area contributed by atoms with E-state index >= 15 is 0 Å². The molecule has 10 heteroatoms. The lowest BCUT2D eigenvalue weighted by atomic mass is 10.1. The van der Waals surface area contributed by atoms with Gasteiger partial charge in [-0.05, 0) is 30.2 Å². The van der Waals surface area contributed by atoms with Crippen molar-refractivity contribution in [1.82, 2.24) is 20.4 Å². The van der Waals surface area contributed by atoms with Gasteiger partial charge in [0.05, 0.1) is 4.92 Å². The number of nitro groups is 1. The average molecular weight is 379 g/mol. The van der Waals surface area contributed by atoms with Gasteiger partial charge in [0.2, 0.25) is 11.6 Å². The van der Waals surface area contributed by atoms with E-state index in [-0.39, 0.29) is 17.3 Å². The van der Waals surface area contributed by atoms with E-state index in [0.29, 0.717) is 5.69 Å². The minimum Gasteiger partial charge on any atom is -0.334 e. The van der Waals surface area contributed by atoms with Crippen molar-refractivity contribution >= 4 is 28.9 Å². The molecule has 0 fully saturated rings. The van der Waals surface area contributed by atoms with Gasteiger partial charge in [0.25, 0.3) is 5.91 Å². The summed E-state index contributed by atoms with van der Waals surface area (Å²) < 4.78 is 0. The zero-order valence-corrected chi connectivity index (χ0v) is 14.9. The smallest absolute Gasteiger partial charge is 0.334 e. The maximum absolute atomic E-state index is 12.1. The zero-order valence-electron chi connectivity index (χ0n) is 14.9. The monoisotopic (exact) mass is 379 g/mol. The van der Waals surface area contributed by atoms with E-state index in [0.717, 1.165) is 12.0 Å². The fraction of sp³-hybridized carbons (Fsp3) is 0.111. The first-order chi connectivity index (χ1) is 13.6. The van der Waals surface area contributed by atoms with E-state index in [1.807, 2.05) is 25.1 Å². The number of aromatic nitrogens is 3. The first-order valence-corrected chi connectivity index (χ1v) is 8.41. The highest BCUT2D eigenvalue weighted by Gasteiger charge is 2.24. The molecule has 0 spiro atoms. The minimum atomic E-state index is -0.619.